The summed E-state index contributed by atoms with van der Waals surface area (Å²) in [7, 11) is 0. The van der Waals surface area contributed by atoms with E-state index in [1.165, 1.54) is 0 Å². The van der Waals surface area contributed by atoms with Crippen molar-refractivity contribution in [2.24, 2.45) is 0 Å². The van der Waals surface area contributed by atoms with Crippen molar-refractivity contribution >= 4 is 11.4 Å². The largest absolute Gasteiger partial charge is 0.295 e. The first-order valence-electron chi connectivity index (χ1n) is 5.20. The zero-order chi connectivity index (χ0) is 11.6. The fourth-order valence-electron chi connectivity index (χ4n) is 1.95. The zero-order valence-corrected chi connectivity index (χ0v) is 10.1. The Morgan fingerprint density at radius 2 is 2.00 bits per heavy atom. The molecule has 0 saturated carbocycles. The van der Waals surface area contributed by atoms with Crippen LogP contribution in [0.3, 0.4) is 0 Å². The van der Waals surface area contributed by atoms with Crippen LogP contribution in [-0.2, 0) is 11.3 Å². The second kappa shape index (κ2) is 4.43. The van der Waals surface area contributed by atoms with Crippen LogP contribution in [0, 0.1) is 13.8 Å². The minimum absolute atomic E-state index is 0.0792. The molecule has 15 heavy (non-hydrogen) atoms. The van der Waals surface area contributed by atoms with Crippen molar-refractivity contribution in [2.45, 2.75) is 41.2 Å². The number of nitrogens with zero attached hydrogens (tertiary/aromatic N) is 2. The quantitative estimate of drug-likeness (QED) is 0.712. The van der Waals surface area contributed by atoms with Gasteiger partial charge in [-0.05, 0) is 46.3 Å². The smallest absolute Gasteiger partial charge is 0.152 e. The third kappa shape index (κ3) is 2.35. The molecule has 0 aliphatic rings. The fourth-order valence-corrected chi connectivity index (χ4v) is 1.95. The minimum Gasteiger partial charge on any atom is -0.295 e. The van der Waals surface area contributed by atoms with E-state index in [0.29, 0.717) is 0 Å². The van der Waals surface area contributed by atoms with Crippen molar-refractivity contribution in [3.8, 4) is 0 Å². The third-order valence-corrected chi connectivity index (χ3v) is 2.50. The van der Waals surface area contributed by atoms with Gasteiger partial charge in [-0.15, -0.1) is 0 Å². The number of allylic oxidation sites excluding steroid dienone is 2. The monoisotopic (exact) mass is 206 g/mol. The fraction of sp³-hybridized carbons (Fsp3) is 0.500. The summed E-state index contributed by atoms with van der Waals surface area (Å²) in [6.45, 7) is 10.5. The highest BCUT2D eigenvalue weighted by atomic mass is 16.1. The van der Waals surface area contributed by atoms with Gasteiger partial charge in [-0.1, -0.05) is 0 Å². The molecule has 0 aliphatic carbocycles. The first-order valence-corrected chi connectivity index (χ1v) is 5.20. The Morgan fingerprint density at radius 3 is 2.40 bits per heavy atom. The summed E-state index contributed by atoms with van der Waals surface area (Å²) in [4.78, 5) is 11.0. The standard InChI is InChI=1S/C12H18N2O/c1-6-14-11(5)12(10(4)13-14)8(2)7-9(3)15/h7H,6H2,1-5H3/b8-7+. The molecule has 0 aromatic carbocycles. The van der Waals surface area contributed by atoms with E-state index in [4.69, 9.17) is 0 Å². The predicted octanol–water partition coefficient (Wildman–Crippen LogP) is 2.51. The molecule has 0 fully saturated rings. The van der Waals surface area contributed by atoms with E-state index >= 15 is 0 Å². The van der Waals surface area contributed by atoms with Crippen LogP contribution in [0.4, 0.5) is 0 Å². The number of hydrogen-bond acceptors (Lipinski definition) is 2. The van der Waals surface area contributed by atoms with Gasteiger partial charge in [0.25, 0.3) is 0 Å². The maximum Gasteiger partial charge on any atom is 0.152 e. The van der Waals surface area contributed by atoms with E-state index in [-0.39, 0.29) is 5.78 Å². The highest BCUT2D eigenvalue weighted by Crippen LogP contribution is 2.22. The van der Waals surface area contributed by atoms with Crippen molar-refractivity contribution in [1.29, 1.82) is 0 Å². The van der Waals surface area contributed by atoms with Gasteiger partial charge >= 0.3 is 0 Å². The minimum atomic E-state index is 0.0792. The third-order valence-electron chi connectivity index (χ3n) is 2.50. The van der Waals surface area contributed by atoms with Crippen LogP contribution in [0.1, 0.15) is 37.7 Å². The summed E-state index contributed by atoms with van der Waals surface area (Å²) in [5, 5.41) is 4.42. The number of ketones is 1. The molecule has 0 saturated heterocycles. The summed E-state index contributed by atoms with van der Waals surface area (Å²) < 4.78 is 1.96. The number of hydrogen-bond donors (Lipinski definition) is 0. The molecule has 1 aromatic heterocycles. The van der Waals surface area contributed by atoms with E-state index < -0.39 is 0 Å². The summed E-state index contributed by atoms with van der Waals surface area (Å²) in [6.07, 6.45) is 1.66. The van der Waals surface area contributed by atoms with Crippen LogP contribution >= 0.6 is 0 Å². The van der Waals surface area contributed by atoms with Gasteiger partial charge in [-0.2, -0.15) is 5.10 Å². The molecular weight excluding hydrogens is 188 g/mol. The molecule has 0 radical (unpaired) electrons. The van der Waals surface area contributed by atoms with Crippen LogP contribution in [-0.4, -0.2) is 15.6 Å². The van der Waals surface area contributed by atoms with Gasteiger partial charge in [0.2, 0.25) is 0 Å². The molecule has 0 atom stereocenters. The molecule has 0 aliphatic heterocycles. The Kier molecular flexibility index (Phi) is 3.45. The zero-order valence-electron chi connectivity index (χ0n) is 10.1. The Bertz CT molecular complexity index is 414. The van der Waals surface area contributed by atoms with Crippen LogP contribution < -0.4 is 0 Å². The summed E-state index contributed by atoms with van der Waals surface area (Å²) in [5.41, 5.74) is 4.22. The maximum atomic E-state index is 11.0. The molecule has 0 bridgehead atoms. The second-order valence-corrected chi connectivity index (χ2v) is 3.80. The molecule has 3 nitrogen and oxygen atoms in total. The van der Waals surface area contributed by atoms with Gasteiger partial charge in [0.1, 0.15) is 0 Å². The highest BCUT2D eigenvalue weighted by molar-refractivity contribution is 5.95. The average Bonchev–Trinajstić information content (AvgIpc) is 2.40. The molecule has 0 amide bonds. The molecule has 1 heterocycles. The van der Waals surface area contributed by atoms with Gasteiger partial charge < -0.3 is 0 Å². The van der Waals surface area contributed by atoms with Crippen molar-refractivity contribution < 1.29 is 4.79 Å². The first-order chi connectivity index (χ1) is 6.97. The van der Waals surface area contributed by atoms with E-state index in [1.807, 2.05) is 25.5 Å². The van der Waals surface area contributed by atoms with Crippen molar-refractivity contribution in [3.05, 3.63) is 23.0 Å². The molecule has 82 valence electrons. The summed E-state index contributed by atoms with van der Waals surface area (Å²) in [6, 6.07) is 0. The second-order valence-electron chi connectivity index (χ2n) is 3.80. The molecule has 0 N–H and O–H groups in total. The first kappa shape index (κ1) is 11.7. The Hall–Kier alpha value is -1.38. The molecule has 1 aromatic rings. The van der Waals surface area contributed by atoms with Crippen LogP contribution in [0.25, 0.3) is 5.57 Å². The van der Waals surface area contributed by atoms with Gasteiger partial charge in [-0.25, -0.2) is 0 Å². The van der Waals surface area contributed by atoms with Crippen LogP contribution in [0.5, 0.6) is 0 Å². The van der Waals surface area contributed by atoms with Gasteiger partial charge in [-0.3, -0.25) is 9.48 Å². The van der Waals surface area contributed by atoms with Crippen LogP contribution in [0.2, 0.25) is 0 Å². The Labute approximate surface area is 90.8 Å². The van der Waals surface area contributed by atoms with E-state index in [1.54, 1.807) is 13.0 Å². The molecule has 1 rings (SSSR count). The molecule has 3 heteroatoms. The van der Waals surface area contributed by atoms with Gasteiger partial charge in [0, 0.05) is 17.8 Å². The van der Waals surface area contributed by atoms with Crippen molar-refractivity contribution in [2.75, 3.05) is 0 Å². The van der Waals surface area contributed by atoms with E-state index in [2.05, 4.69) is 12.0 Å². The van der Waals surface area contributed by atoms with Crippen molar-refractivity contribution in [1.82, 2.24) is 9.78 Å². The Morgan fingerprint density at radius 1 is 1.40 bits per heavy atom. The average molecular weight is 206 g/mol. The summed E-state index contributed by atoms with van der Waals surface area (Å²) in [5.74, 6) is 0.0792. The van der Waals surface area contributed by atoms with E-state index in [9.17, 15) is 4.79 Å². The Balaban J connectivity index is 3.25. The molecule has 0 spiro atoms. The van der Waals surface area contributed by atoms with Crippen LogP contribution in [0.15, 0.2) is 6.08 Å². The summed E-state index contributed by atoms with van der Waals surface area (Å²) >= 11 is 0. The normalized spacial score (nSPS) is 11.9. The number of carbonyl (C=O) groups is 1. The highest BCUT2D eigenvalue weighted by Gasteiger charge is 2.11. The number of aromatic nitrogens is 2. The lowest BCUT2D eigenvalue weighted by Crippen LogP contribution is -1.99. The van der Waals surface area contributed by atoms with E-state index in [0.717, 1.165) is 29.1 Å². The predicted molar refractivity (Wildman–Crippen MR) is 61.7 cm³/mol. The SMILES string of the molecule is CCn1nc(C)c(/C(C)=C/C(C)=O)c1C. The van der Waals surface area contributed by atoms with Crippen molar-refractivity contribution in [3.63, 3.8) is 0 Å². The maximum absolute atomic E-state index is 11.0. The lowest BCUT2D eigenvalue weighted by Gasteiger charge is -2.02. The molecule has 0 unspecified atom stereocenters. The number of aryl methyl sites for hydroxylation is 2. The topological polar surface area (TPSA) is 34.9 Å². The molecular formula is C12H18N2O. The lowest BCUT2D eigenvalue weighted by atomic mass is 10.0. The number of carbonyl (C=O) groups excluding carboxylic acids is 1. The lowest BCUT2D eigenvalue weighted by molar-refractivity contribution is -0.112. The number of rotatable bonds is 3. The van der Waals surface area contributed by atoms with Gasteiger partial charge in [0.05, 0.1) is 5.69 Å². The van der Waals surface area contributed by atoms with Gasteiger partial charge in [0.15, 0.2) is 5.78 Å².